The Morgan fingerprint density at radius 3 is 2.32 bits per heavy atom. The van der Waals surface area contributed by atoms with Crippen LogP contribution in [0, 0.1) is 0 Å². The molecule has 0 aliphatic carbocycles. The molecule has 31 heavy (non-hydrogen) atoms. The molecule has 1 aliphatic rings. The second-order valence-corrected chi connectivity index (χ2v) is 9.13. The van der Waals surface area contributed by atoms with Crippen molar-refractivity contribution in [2.75, 3.05) is 25.6 Å². The van der Waals surface area contributed by atoms with Crippen molar-refractivity contribution in [1.82, 2.24) is 4.31 Å². The quantitative estimate of drug-likeness (QED) is 0.636. The lowest BCUT2D eigenvalue weighted by Gasteiger charge is -2.19. The Bertz CT molecular complexity index is 1180. The van der Waals surface area contributed by atoms with Gasteiger partial charge in [0, 0.05) is 30.9 Å². The fourth-order valence-corrected chi connectivity index (χ4v) is 4.38. The molecule has 0 radical (unpaired) electrons. The molecule has 1 N–H and O–H groups in total. The van der Waals surface area contributed by atoms with Crippen molar-refractivity contribution in [2.45, 2.75) is 11.4 Å². The minimum Gasteiger partial charge on any atom is -0.486 e. The predicted octanol–water partition coefficient (Wildman–Crippen LogP) is 3.53. The molecule has 8 heteroatoms. The highest BCUT2D eigenvalue weighted by Crippen LogP contribution is 2.32. The molecule has 160 valence electrons. The first kappa shape index (κ1) is 20.9. The number of carbonyl (C=O) groups is 1. The van der Waals surface area contributed by atoms with E-state index < -0.39 is 10.0 Å². The molecule has 0 bridgehead atoms. The Kier molecular flexibility index (Phi) is 5.92. The highest BCUT2D eigenvalue weighted by molar-refractivity contribution is 7.89. The van der Waals surface area contributed by atoms with Crippen molar-refractivity contribution in [1.29, 1.82) is 0 Å². The molecule has 0 saturated carbocycles. The summed E-state index contributed by atoms with van der Waals surface area (Å²) in [6.45, 7) is 1.18. The van der Waals surface area contributed by atoms with Crippen LogP contribution in [0.25, 0.3) is 0 Å². The van der Waals surface area contributed by atoms with Crippen LogP contribution in [-0.2, 0) is 16.6 Å². The van der Waals surface area contributed by atoms with Gasteiger partial charge in [0.1, 0.15) is 13.2 Å². The van der Waals surface area contributed by atoms with Crippen LogP contribution in [0.5, 0.6) is 11.5 Å². The maximum absolute atomic E-state index is 12.7. The zero-order valence-electron chi connectivity index (χ0n) is 16.9. The molecule has 0 saturated heterocycles. The van der Waals surface area contributed by atoms with E-state index in [0.717, 1.165) is 5.56 Å². The Hall–Kier alpha value is -3.36. The van der Waals surface area contributed by atoms with Crippen LogP contribution < -0.4 is 14.8 Å². The highest BCUT2D eigenvalue weighted by atomic mass is 32.2. The minimum absolute atomic E-state index is 0.196. The summed E-state index contributed by atoms with van der Waals surface area (Å²) in [7, 11) is -2.05. The number of nitrogens with zero attached hydrogens (tertiary/aromatic N) is 1. The predicted molar refractivity (Wildman–Crippen MR) is 117 cm³/mol. The normalized spacial score (nSPS) is 13.1. The molecule has 1 heterocycles. The summed E-state index contributed by atoms with van der Waals surface area (Å²) >= 11 is 0. The maximum Gasteiger partial charge on any atom is 0.255 e. The summed E-state index contributed by atoms with van der Waals surface area (Å²) in [6.07, 6.45) is 0. The van der Waals surface area contributed by atoms with E-state index in [1.54, 1.807) is 72.8 Å². The first-order valence-corrected chi connectivity index (χ1v) is 11.2. The number of hydrogen-bond acceptors (Lipinski definition) is 5. The van der Waals surface area contributed by atoms with Crippen molar-refractivity contribution in [2.24, 2.45) is 0 Å². The Labute approximate surface area is 181 Å². The van der Waals surface area contributed by atoms with Crippen molar-refractivity contribution in [3.8, 4) is 11.5 Å². The van der Waals surface area contributed by atoms with E-state index in [2.05, 4.69) is 5.32 Å². The van der Waals surface area contributed by atoms with Gasteiger partial charge in [0.15, 0.2) is 11.5 Å². The molecule has 4 rings (SSSR count). The molecule has 1 amide bonds. The fraction of sp³-hybridized carbons (Fsp3) is 0.174. The molecular formula is C23H22N2O5S. The average molecular weight is 439 g/mol. The van der Waals surface area contributed by atoms with Gasteiger partial charge in [0.25, 0.3) is 5.91 Å². The summed E-state index contributed by atoms with van der Waals surface area (Å²) < 4.78 is 37.6. The number of benzene rings is 3. The number of fused-ring (bicyclic) bond motifs is 1. The largest absolute Gasteiger partial charge is 0.486 e. The SMILES string of the molecule is CN(Cc1ccc(C(=O)Nc2ccc3c(c2)OCCO3)cc1)S(=O)(=O)c1ccccc1. The van der Waals surface area contributed by atoms with Gasteiger partial charge in [-0.1, -0.05) is 30.3 Å². The minimum atomic E-state index is -3.58. The van der Waals surface area contributed by atoms with Crippen LogP contribution in [-0.4, -0.2) is 38.9 Å². The van der Waals surface area contributed by atoms with Crippen LogP contribution in [0.2, 0.25) is 0 Å². The zero-order valence-corrected chi connectivity index (χ0v) is 17.8. The first-order valence-electron chi connectivity index (χ1n) is 9.75. The van der Waals surface area contributed by atoms with Crippen LogP contribution in [0.4, 0.5) is 5.69 Å². The number of rotatable bonds is 6. The molecule has 7 nitrogen and oxygen atoms in total. The van der Waals surface area contributed by atoms with E-state index in [0.29, 0.717) is 36.0 Å². The summed E-state index contributed by atoms with van der Waals surface area (Å²) in [4.78, 5) is 12.8. The summed E-state index contributed by atoms with van der Waals surface area (Å²) in [5.74, 6) is 0.985. The fourth-order valence-electron chi connectivity index (χ4n) is 3.20. The van der Waals surface area contributed by atoms with Gasteiger partial charge in [0.2, 0.25) is 10.0 Å². The Morgan fingerprint density at radius 2 is 1.61 bits per heavy atom. The van der Waals surface area contributed by atoms with E-state index in [1.807, 2.05) is 0 Å². The Balaban J connectivity index is 1.41. The first-order chi connectivity index (χ1) is 14.9. The third-order valence-corrected chi connectivity index (χ3v) is 6.69. The monoisotopic (exact) mass is 438 g/mol. The molecule has 0 unspecified atom stereocenters. The second-order valence-electron chi connectivity index (χ2n) is 7.08. The van der Waals surface area contributed by atoms with Gasteiger partial charge in [-0.2, -0.15) is 4.31 Å². The topological polar surface area (TPSA) is 84.9 Å². The van der Waals surface area contributed by atoms with Gasteiger partial charge in [-0.25, -0.2) is 8.42 Å². The zero-order chi connectivity index (χ0) is 21.8. The lowest BCUT2D eigenvalue weighted by Crippen LogP contribution is -2.26. The molecule has 0 atom stereocenters. The third-order valence-electron chi connectivity index (χ3n) is 4.87. The van der Waals surface area contributed by atoms with E-state index in [4.69, 9.17) is 9.47 Å². The van der Waals surface area contributed by atoms with E-state index >= 15 is 0 Å². The van der Waals surface area contributed by atoms with Gasteiger partial charge in [-0.15, -0.1) is 0 Å². The molecule has 0 fully saturated rings. The highest BCUT2D eigenvalue weighted by Gasteiger charge is 2.20. The van der Waals surface area contributed by atoms with Gasteiger partial charge in [-0.3, -0.25) is 4.79 Å². The van der Waals surface area contributed by atoms with E-state index in [9.17, 15) is 13.2 Å². The standard InChI is InChI=1S/C23H22N2O5S/c1-25(31(27,28)20-5-3-2-4-6-20)16-17-7-9-18(10-8-17)23(26)24-19-11-12-21-22(15-19)30-14-13-29-21/h2-12,15H,13-14,16H2,1H3,(H,24,26). The number of carbonyl (C=O) groups excluding carboxylic acids is 1. The van der Waals surface area contributed by atoms with E-state index in [1.165, 1.54) is 11.4 Å². The van der Waals surface area contributed by atoms with Crippen molar-refractivity contribution >= 4 is 21.6 Å². The summed E-state index contributed by atoms with van der Waals surface area (Å²) in [5, 5.41) is 2.83. The molecule has 3 aromatic rings. The number of anilines is 1. The van der Waals surface area contributed by atoms with Gasteiger partial charge >= 0.3 is 0 Å². The maximum atomic E-state index is 12.7. The second kappa shape index (κ2) is 8.79. The van der Waals surface area contributed by atoms with Crippen LogP contribution in [0.1, 0.15) is 15.9 Å². The Morgan fingerprint density at radius 1 is 0.935 bits per heavy atom. The lowest BCUT2D eigenvalue weighted by molar-refractivity contribution is 0.102. The van der Waals surface area contributed by atoms with Crippen LogP contribution in [0.15, 0.2) is 77.7 Å². The van der Waals surface area contributed by atoms with Crippen molar-refractivity contribution < 1.29 is 22.7 Å². The molecule has 3 aromatic carbocycles. The number of ether oxygens (including phenoxy) is 2. The number of hydrogen-bond donors (Lipinski definition) is 1. The van der Waals surface area contributed by atoms with Crippen molar-refractivity contribution in [3.63, 3.8) is 0 Å². The van der Waals surface area contributed by atoms with Gasteiger partial charge in [0.05, 0.1) is 4.90 Å². The average Bonchev–Trinajstić information content (AvgIpc) is 2.80. The van der Waals surface area contributed by atoms with E-state index in [-0.39, 0.29) is 17.3 Å². The number of nitrogens with one attached hydrogen (secondary N) is 1. The van der Waals surface area contributed by atoms with Crippen LogP contribution in [0.3, 0.4) is 0 Å². The molecule has 1 aliphatic heterocycles. The molecular weight excluding hydrogens is 416 g/mol. The molecule has 0 aromatic heterocycles. The summed E-state index contributed by atoms with van der Waals surface area (Å²) in [6, 6.07) is 20.4. The summed E-state index contributed by atoms with van der Waals surface area (Å²) in [5.41, 5.74) is 1.84. The smallest absolute Gasteiger partial charge is 0.255 e. The number of sulfonamides is 1. The van der Waals surface area contributed by atoms with Crippen LogP contribution >= 0.6 is 0 Å². The lowest BCUT2D eigenvalue weighted by atomic mass is 10.1. The van der Waals surface area contributed by atoms with Gasteiger partial charge < -0.3 is 14.8 Å². The third kappa shape index (κ3) is 4.70. The van der Waals surface area contributed by atoms with Gasteiger partial charge in [-0.05, 0) is 42.0 Å². The molecule has 0 spiro atoms. The number of amides is 1. The van der Waals surface area contributed by atoms with Crippen molar-refractivity contribution in [3.05, 3.63) is 83.9 Å².